The van der Waals surface area contributed by atoms with E-state index in [-0.39, 0.29) is 0 Å². The smallest absolute Gasteiger partial charge is 0.159 e. The van der Waals surface area contributed by atoms with Gasteiger partial charge in [0.1, 0.15) is 0 Å². The zero-order valence-corrected chi connectivity index (χ0v) is 7.24. The maximum Gasteiger partial charge on any atom is 0.159 e. The number of nitrogens with zero attached hydrogens (tertiary/aromatic N) is 1. The van der Waals surface area contributed by atoms with E-state index in [9.17, 15) is 0 Å². The molecular weight excluding hydrogens is 150 g/mol. The van der Waals surface area contributed by atoms with E-state index >= 15 is 0 Å². The van der Waals surface area contributed by atoms with Crippen LogP contribution >= 0.6 is 0 Å². The van der Waals surface area contributed by atoms with Gasteiger partial charge in [0.15, 0.2) is 6.10 Å². The predicted molar refractivity (Wildman–Crippen MR) is 47.3 cm³/mol. The number of nitriles is 1. The lowest BCUT2D eigenvalue weighted by molar-refractivity contribution is 0.276. The fourth-order valence-corrected chi connectivity index (χ4v) is 1.63. The Balaban J connectivity index is 2.29. The van der Waals surface area contributed by atoms with Gasteiger partial charge >= 0.3 is 0 Å². The highest BCUT2D eigenvalue weighted by Crippen LogP contribution is 2.24. The molecule has 0 aromatic rings. The second kappa shape index (κ2) is 4.95. The van der Waals surface area contributed by atoms with E-state index in [0.29, 0.717) is 5.92 Å². The lowest BCUT2D eigenvalue weighted by atomic mass is 9.89. The van der Waals surface area contributed by atoms with E-state index < -0.39 is 6.10 Å². The van der Waals surface area contributed by atoms with E-state index in [4.69, 9.17) is 10.4 Å². The number of rotatable bonds is 2. The fourth-order valence-electron chi connectivity index (χ4n) is 1.63. The monoisotopic (exact) mass is 165 g/mol. The molecule has 1 rings (SSSR count). The van der Waals surface area contributed by atoms with Crippen LogP contribution in [0.15, 0.2) is 12.2 Å². The molecule has 2 heteroatoms. The van der Waals surface area contributed by atoms with Crippen molar-refractivity contribution in [3.63, 3.8) is 0 Å². The van der Waals surface area contributed by atoms with Crippen molar-refractivity contribution in [1.29, 1.82) is 5.26 Å². The largest absolute Gasteiger partial charge is 0.374 e. The van der Waals surface area contributed by atoms with E-state index in [1.807, 2.05) is 6.08 Å². The molecule has 66 valence electrons. The molecule has 2 nitrogen and oxygen atoms in total. The van der Waals surface area contributed by atoms with Crippen molar-refractivity contribution in [2.24, 2.45) is 5.92 Å². The maximum absolute atomic E-state index is 8.94. The number of aliphatic hydroxyl groups excluding tert-OH is 1. The fraction of sp³-hybridized carbons (Fsp3) is 0.700. The molecule has 0 radical (unpaired) electrons. The number of hydrogen-bond acceptors (Lipinski definition) is 2. The summed E-state index contributed by atoms with van der Waals surface area (Å²) in [6.07, 6.45) is 9.04. The summed E-state index contributed by atoms with van der Waals surface area (Å²) >= 11 is 0. The van der Waals surface area contributed by atoms with Gasteiger partial charge in [-0.3, -0.25) is 0 Å². The molecule has 0 bridgehead atoms. The second-order valence-electron chi connectivity index (χ2n) is 3.36. The van der Waals surface area contributed by atoms with Crippen LogP contribution in [0.3, 0.4) is 0 Å². The first kappa shape index (κ1) is 9.28. The average Bonchev–Trinajstić information content (AvgIpc) is 2.16. The zero-order valence-electron chi connectivity index (χ0n) is 7.24. The minimum atomic E-state index is -0.910. The molecule has 1 atom stereocenters. The highest BCUT2D eigenvalue weighted by Gasteiger charge is 2.09. The molecule has 1 aliphatic carbocycles. The highest BCUT2D eigenvalue weighted by atomic mass is 16.3. The summed E-state index contributed by atoms with van der Waals surface area (Å²) in [5.74, 6) is 0.599. The Hall–Kier alpha value is -0.810. The average molecular weight is 165 g/mol. The van der Waals surface area contributed by atoms with E-state index in [2.05, 4.69) is 0 Å². The van der Waals surface area contributed by atoms with Crippen LogP contribution in [0.4, 0.5) is 0 Å². The SMILES string of the molecule is N#CC(O)/C=C/C1CCCCC1. The van der Waals surface area contributed by atoms with Gasteiger partial charge in [0.2, 0.25) is 0 Å². The van der Waals surface area contributed by atoms with Crippen molar-refractivity contribution >= 4 is 0 Å². The van der Waals surface area contributed by atoms with Crippen LogP contribution in [0.1, 0.15) is 32.1 Å². The summed E-state index contributed by atoms with van der Waals surface area (Å²) in [5.41, 5.74) is 0. The van der Waals surface area contributed by atoms with Crippen LogP contribution in [-0.4, -0.2) is 11.2 Å². The summed E-state index contributed by atoms with van der Waals surface area (Å²) in [4.78, 5) is 0. The van der Waals surface area contributed by atoms with Crippen molar-refractivity contribution in [2.45, 2.75) is 38.2 Å². The van der Waals surface area contributed by atoms with Gasteiger partial charge in [-0.1, -0.05) is 25.3 Å². The minimum Gasteiger partial charge on any atom is -0.374 e. The summed E-state index contributed by atoms with van der Waals surface area (Å²) in [7, 11) is 0. The number of allylic oxidation sites excluding steroid dienone is 1. The Morgan fingerprint density at radius 1 is 1.33 bits per heavy atom. The van der Waals surface area contributed by atoms with Crippen molar-refractivity contribution in [2.75, 3.05) is 0 Å². The van der Waals surface area contributed by atoms with Crippen LogP contribution in [0.5, 0.6) is 0 Å². The lowest BCUT2D eigenvalue weighted by Crippen LogP contribution is -2.04. The molecule has 1 aliphatic rings. The molecule has 1 N–H and O–H groups in total. The Morgan fingerprint density at radius 3 is 2.58 bits per heavy atom. The van der Waals surface area contributed by atoms with Gasteiger partial charge < -0.3 is 5.11 Å². The lowest BCUT2D eigenvalue weighted by Gasteiger charge is -2.17. The first-order chi connectivity index (χ1) is 5.83. The van der Waals surface area contributed by atoms with Crippen molar-refractivity contribution in [1.82, 2.24) is 0 Å². The third kappa shape index (κ3) is 3.06. The molecule has 0 spiro atoms. The summed E-state index contributed by atoms with van der Waals surface area (Å²) in [5, 5.41) is 17.3. The summed E-state index contributed by atoms with van der Waals surface area (Å²) < 4.78 is 0. The van der Waals surface area contributed by atoms with E-state index in [1.165, 1.54) is 32.1 Å². The standard InChI is InChI=1S/C10H15NO/c11-8-10(12)7-6-9-4-2-1-3-5-9/h6-7,9-10,12H,1-5H2/b7-6+. The second-order valence-corrected chi connectivity index (χ2v) is 3.36. The van der Waals surface area contributed by atoms with Crippen LogP contribution in [-0.2, 0) is 0 Å². The molecule has 0 aromatic carbocycles. The van der Waals surface area contributed by atoms with Crippen molar-refractivity contribution in [3.8, 4) is 6.07 Å². The number of hydrogen-bond donors (Lipinski definition) is 1. The molecule has 0 heterocycles. The molecule has 0 aromatic heterocycles. The Labute approximate surface area is 73.5 Å². The van der Waals surface area contributed by atoms with Crippen LogP contribution in [0, 0.1) is 17.2 Å². The van der Waals surface area contributed by atoms with Crippen LogP contribution in [0.2, 0.25) is 0 Å². The highest BCUT2D eigenvalue weighted by molar-refractivity contribution is 5.02. The van der Waals surface area contributed by atoms with Gasteiger partial charge in [-0.25, -0.2) is 0 Å². The molecule has 0 saturated heterocycles. The molecule has 1 fully saturated rings. The molecular formula is C10H15NO. The molecule has 1 saturated carbocycles. The first-order valence-electron chi connectivity index (χ1n) is 4.59. The first-order valence-corrected chi connectivity index (χ1v) is 4.59. The predicted octanol–water partition coefficient (Wildman–Crippen LogP) is 2.01. The number of aliphatic hydroxyl groups is 1. The van der Waals surface area contributed by atoms with E-state index in [0.717, 1.165) is 0 Å². The van der Waals surface area contributed by atoms with Crippen molar-refractivity contribution < 1.29 is 5.11 Å². The van der Waals surface area contributed by atoms with Gasteiger partial charge in [0.25, 0.3) is 0 Å². The normalized spacial score (nSPS) is 22.3. The molecule has 0 aliphatic heterocycles. The Kier molecular flexibility index (Phi) is 3.83. The molecule has 0 amide bonds. The minimum absolute atomic E-state index is 0.599. The van der Waals surface area contributed by atoms with E-state index in [1.54, 1.807) is 12.1 Å². The van der Waals surface area contributed by atoms with Gasteiger partial charge in [-0.05, 0) is 24.8 Å². The molecule has 1 unspecified atom stereocenters. The van der Waals surface area contributed by atoms with Crippen molar-refractivity contribution in [3.05, 3.63) is 12.2 Å². The van der Waals surface area contributed by atoms with Gasteiger partial charge in [0, 0.05) is 0 Å². The zero-order chi connectivity index (χ0) is 8.81. The Morgan fingerprint density at radius 2 is 2.00 bits per heavy atom. The third-order valence-corrected chi connectivity index (χ3v) is 2.35. The van der Waals surface area contributed by atoms with Gasteiger partial charge in [-0.15, -0.1) is 0 Å². The Bertz CT molecular complexity index is 187. The molecule has 12 heavy (non-hydrogen) atoms. The summed E-state index contributed by atoms with van der Waals surface area (Å²) in [6, 6.07) is 1.77. The van der Waals surface area contributed by atoms with Crippen LogP contribution in [0.25, 0.3) is 0 Å². The summed E-state index contributed by atoms with van der Waals surface area (Å²) in [6.45, 7) is 0. The maximum atomic E-state index is 8.94. The quantitative estimate of drug-likeness (QED) is 0.502. The third-order valence-electron chi connectivity index (χ3n) is 2.35. The topological polar surface area (TPSA) is 44.0 Å². The van der Waals surface area contributed by atoms with Gasteiger partial charge in [0.05, 0.1) is 6.07 Å². The van der Waals surface area contributed by atoms with Gasteiger partial charge in [-0.2, -0.15) is 5.26 Å². The van der Waals surface area contributed by atoms with Crippen LogP contribution < -0.4 is 0 Å².